The summed E-state index contributed by atoms with van der Waals surface area (Å²) in [5, 5.41) is 10.5. The van der Waals surface area contributed by atoms with Gasteiger partial charge in [0.05, 0.1) is 27.4 Å². The molecule has 1 aliphatic heterocycles. The van der Waals surface area contributed by atoms with Crippen LogP contribution in [0.3, 0.4) is 0 Å². The molecule has 2 aromatic rings. The molecule has 134 valence electrons. The van der Waals surface area contributed by atoms with Crippen molar-refractivity contribution in [2.45, 2.75) is 42.2 Å². The molecule has 2 N–H and O–H groups in total. The first-order chi connectivity index (χ1) is 11.7. The summed E-state index contributed by atoms with van der Waals surface area (Å²) in [5.41, 5.74) is -1.72. The zero-order valence-corrected chi connectivity index (χ0v) is 14.5. The Bertz CT molecular complexity index is 1080. The minimum absolute atomic E-state index is 0.000277. The molecular formula is C16H19N3O5S. The van der Waals surface area contributed by atoms with Gasteiger partial charge in [-0.2, -0.15) is 4.31 Å². The predicted molar refractivity (Wildman–Crippen MR) is 90.9 cm³/mol. The van der Waals surface area contributed by atoms with Gasteiger partial charge in [-0.25, -0.2) is 13.2 Å². The Morgan fingerprint density at radius 1 is 1.28 bits per heavy atom. The molecule has 1 unspecified atom stereocenters. The highest BCUT2D eigenvalue weighted by Gasteiger charge is 2.54. The van der Waals surface area contributed by atoms with Crippen LogP contribution in [0, 0.1) is 0 Å². The van der Waals surface area contributed by atoms with Crippen molar-refractivity contribution in [1.82, 2.24) is 13.9 Å². The van der Waals surface area contributed by atoms with Gasteiger partial charge in [0.2, 0.25) is 10.0 Å². The first kappa shape index (κ1) is 16.5. The second kappa shape index (κ2) is 5.26. The molecule has 4 rings (SSSR count). The van der Waals surface area contributed by atoms with Crippen LogP contribution in [0.25, 0.3) is 10.9 Å². The summed E-state index contributed by atoms with van der Waals surface area (Å²) in [6.07, 6.45) is 2.57. The number of aromatic amines is 1. The topological polar surface area (TPSA) is 112 Å². The molecule has 0 radical (unpaired) electrons. The maximum atomic E-state index is 13.1. The first-order valence-corrected chi connectivity index (χ1v) is 9.65. The lowest BCUT2D eigenvalue weighted by Crippen LogP contribution is -2.44. The molecule has 1 aromatic carbocycles. The summed E-state index contributed by atoms with van der Waals surface area (Å²) in [6, 6.07) is 3.71. The summed E-state index contributed by atoms with van der Waals surface area (Å²) in [4.78, 5) is 26.5. The SMILES string of the molecule is Cn1c(=O)[nH]c2ccc(S(=O)(=O)N3CCCC3C3(O)CC3)cc2c1=O. The molecule has 2 fully saturated rings. The number of H-pyrrole nitrogens is 1. The average molecular weight is 365 g/mol. The number of hydrogen-bond donors (Lipinski definition) is 2. The summed E-state index contributed by atoms with van der Waals surface area (Å²) in [5.74, 6) is 0. The molecule has 0 spiro atoms. The Morgan fingerprint density at radius 3 is 2.68 bits per heavy atom. The summed E-state index contributed by atoms with van der Waals surface area (Å²) in [6.45, 7) is 0.358. The number of aromatic nitrogens is 2. The van der Waals surface area contributed by atoms with E-state index in [2.05, 4.69) is 4.98 Å². The minimum atomic E-state index is -3.83. The molecule has 1 saturated heterocycles. The number of nitrogens with zero attached hydrogens (tertiary/aromatic N) is 2. The lowest BCUT2D eigenvalue weighted by Gasteiger charge is -2.28. The van der Waals surface area contributed by atoms with Crippen LogP contribution in [0.15, 0.2) is 32.7 Å². The lowest BCUT2D eigenvalue weighted by molar-refractivity contribution is 0.0826. The molecule has 9 heteroatoms. The van der Waals surface area contributed by atoms with Gasteiger partial charge in [-0.05, 0) is 43.9 Å². The van der Waals surface area contributed by atoms with Crippen LogP contribution in [0.5, 0.6) is 0 Å². The molecule has 1 aromatic heterocycles. The third-order valence-corrected chi connectivity index (χ3v) is 7.17. The second-order valence-corrected chi connectivity index (χ2v) is 8.77. The van der Waals surface area contributed by atoms with Gasteiger partial charge >= 0.3 is 5.69 Å². The van der Waals surface area contributed by atoms with Crippen LogP contribution >= 0.6 is 0 Å². The Morgan fingerprint density at radius 2 is 2.00 bits per heavy atom. The van der Waals surface area contributed by atoms with Gasteiger partial charge in [0, 0.05) is 13.6 Å². The van der Waals surface area contributed by atoms with Crippen LogP contribution < -0.4 is 11.2 Å². The highest BCUT2D eigenvalue weighted by molar-refractivity contribution is 7.89. The van der Waals surface area contributed by atoms with Crippen molar-refractivity contribution in [3.63, 3.8) is 0 Å². The summed E-state index contributed by atoms with van der Waals surface area (Å²) < 4.78 is 28.4. The number of rotatable bonds is 3. The molecule has 1 atom stereocenters. The van der Waals surface area contributed by atoms with E-state index >= 15 is 0 Å². The number of aliphatic hydroxyl groups is 1. The van der Waals surface area contributed by atoms with Gasteiger partial charge in [-0.3, -0.25) is 9.36 Å². The monoisotopic (exact) mass is 365 g/mol. The number of sulfonamides is 1. The molecular weight excluding hydrogens is 346 g/mol. The van der Waals surface area contributed by atoms with Crippen molar-refractivity contribution in [2.24, 2.45) is 7.05 Å². The second-order valence-electron chi connectivity index (χ2n) is 6.88. The van der Waals surface area contributed by atoms with Gasteiger partial charge in [0.15, 0.2) is 0 Å². The van der Waals surface area contributed by atoms with E-state index in [1.807, 2.05) is 0 Å². The van der Waals surface area contributed by atoms with Crippen LogP contribution in [0.4, 0.5) is 0 Å². The van der Waals surface area contributed by atoms with Crippen molar-refractivity contribution < 1.29 is 13.5 Å². The highest BCUT2D eigenvalue weighted by Crippen LogP contribution is 2.46. The van der Waals surface area contributed by atoms with E-state index in [0.29, 0.717) is 37.7 Å². The first-order valence-electron chi connectivity index (χ1n) is 8.21. The normalized spacial score (nSPS) is 23.2. The fourth-order valence-corrected chi connectivity index (χ4v) is 5.39. The van der Waals surface area contributed by atoms with Crippen LogP contribution in [0.2, 0.25) is 0 Å². The van der Waals surface area contributed by atoms with Crippen molar-refractivity contribution in [1.29, 1.82) is 0 Å². The predicted octanol–water partition coefficient (Wildman–Crippen LogP) is -0.0952. The van der Waals surface area contributed by atoms with E-state index in [1.54, 1.807) is 0 Å². The van der Waals surface area contributed by atoms with E-state index in [1.165, 1.54) is 29.6 Å². The third-order valence-electron chi connectivity index (χ3n) is 5.27. The van der Waals surface area contributed by atoms with Crippen LogP contribution in [-0.4, -0.2) is 45.6 Å². The number of fused-ring (bicyclic) bond motifs is 1. The van der Waals surface area contributed by atoms with E-state index in [9.17, 15) is 23.1 Å². The molecule has 0 bridgehead atoms. The highest BCUT2D eigenvalue weighted by atomic mass is 32.2. The zero-order chi connectivity index (χ0) is 18.0. The average Bonchev–Trinajstić information content (AvgIpc) is 3.12. The van der Waals surface area contributed by atoms with E-state index in [-0.39, 0.29) is 10.3 Å². The smallest absolute Gasteiger partial charge is 0.328 e. The fraction of sp³-hybridized carbons (Fsp3) is 0.500. The van der Waals surface area contributed by atoms with Gasteiger partial charge in [-0.15, -0.1) is 0 Å². The Hall–Kier alpha value is -1.97. The maximum absolute atomic E-state index is 13.1. The Balaban J connectivity index is 1.83. The van der Waals surface area contributed by atoms with Gasteiger partial charge in [-0.1, -0.05) is 0 Å². The molecule has 2 heterocycles. The van der Waals surface area contributed by atoms with E-state index < -0.39 is 32.9 Å². The molecule has 25 heavy (non-hydrogen) atoms. The van der Waals surface area contributed by atoms with Crippen LogP contribution in [-0.2, 0) is 17.1 Å². The summed E-state index contributed by atoms with van der Waals surface area (Å²) in [7, 11) is -2.49. The van der Waals surface area contributed by atoms with E-state index in [4.69, 9.17) is 0 Å². The number of hydrogen-bond acceptors (Lipinski definition) is 5. The van der Waals surface area contributed by atoms with Gasteiger partial charge < -0.3 is 10.1 Å². The largest absolute Gasteiger partial charge is 0.388 e. The van der Waals surface area contributed by atoms with Crippen molar-refractivity contribution >= 4 is 20.9 Å². The van der Waals surface area contributed by atoms with Crippen LogP contribution in [0.1, 0.15) is 25.7 Å². The molecule has 1 saturated carbocycles. The van der Waals surface area contributed by atoms with Crippen molar-refractivity contribution in [2.75, 3.05) is 6.54 Å². The molecule has 8 nitrogen and oxygen atoms in total. The quantitative estimate of drug-likeness (QED) is 0.789. The Labute approximate surface area is 143 Å². The zero-order valence-electron chi connectivity index (χ0n) is 13.7. The Kier molecular flexibility index (Phi) is 3.47. The molecule has 1 aliphatic carbocycles. The molecule has 0 amide bonds. The summed E-state index contributed by atoms with van der Waals surface area (Å²) >= 11 is 0. The van der Waals surface area contributed by atoms with Crippen molar-refractivity contribution in [3.05, 3.63) is 39.0 Å². The minimum Gasteiger partial charge on any atom is -0.388 e. The third kappa shape index (κ3) is 2.45. The van der Waals surface area contributed by atoms with Crippen molar-refractivity contribution in [3.8, 4) is 0 Å². The molecule has 2 aliphatic rings. The number of nitrogens with one attached hydrogen (secondary N) is 1. The standard InChI is InChI=1S/C16H19N3O5S/c1-18-14(20)11-9-10(4-5-12(11)17-15(18)21)25(23,24)19-8-2-3-13(19)16(22)6-7-16/h4-5,9,13,22H,2-3,6-8H2,1H3,(H,17,21). The number of benzene rings is 1. The maximum Gasteiger partial charge on any atom is 0.328 e. The lowest BCUT2D eigenvalue weighted by atomic mass is 10.1. The van der Waals surface area contributed by atoms with Gasteiger partial charge in [0.1, 0.15) is 0 Å². The fourth-order valence-electron chi connectivity index (χ4n) is 3.60. The van der Waals surface area contributed by atoms with E-state index in [0.717, 1.165) is 4.57 Å². The van der Waals surface area contributed by atoms with Gasteiger partial charge in [0.25, 0.3) is 5.56 Å².